The van der Waals surface area contributed by atoms with Crippen molar-refractivity contribution >= 4 is 56.7 Å². The van der Waals surface area contributed by atoms with Gasteiger partial charge < -0.3 is 44.2 Å². The number of nitrogens with one attached hydrogen (secondary N) is 3. The molecule has 3 aromatic rings. The summed E-state index contributed by atoms with van der Waals surface area (Å²) in [7, 11) is 1.28. The summed E-state index contributed by atoms with van der Waals surface area (Å²) in [5.74, 6) is 2.26. The number of hydrogen-bond donors (Lipinski definition) is 4. The highest BCUT2D eigenvalue weighted by Crippen LogP contribution is 2.36. The topological polar surface area (TPSA) is 158 Å². The lowest BCUT2D eigenvalue weighted by Gasteiger charge is -2.28. The van der Waals surface area contributed by atoms with E-state index in [2.05, 4.69) is 59.7 Å². The zero-order valence-corrected chi connectivity index (χ0v) is 29.3. The Morgan fingerprint density at radius 3 is 2.72 bits per heavy atom. The smallest absolute Gasteiger partial charge is 0.337 e. The zero-order chi connectivity index (χ0) is 33.5. The van der Waals surface area contributed by atoms with E-state index in [1.54, 1.807) is 31.3 Å². The van der Waals surface area contributed by atoms with Crippen LogP contribution in [0.1, 0.15) is 36.6 Å². The lowest BCUT2D eigenvalue weighted by atomic mass is 9.95. The van der Waals surface area contributed by atoms with Crippen LogP contribution in [-0.4, -0.2) is 56.7 Å². The molecule has 0 fully saturated rings. The minimum atomic E-state index is -1.15. The Kier molecular flexibility index (Phi) is 11.3. The van der Waals surface area contributed by atoms with E-state index < -0.39 is 24.3 Å². The van der Waals surface area contributed by atoms with Crippen molar-refractivity contribution in [2.24, 2.45) is 5.10 Å². The van der Waals surface area contributed by atoms with Gasteiger partial charge in [-0.15, -0.1) is 0 Å². The van der Waals surface area contributed by atoms with E-state index in [0.29, 0.717) is 47.5 Å². The Labute approximate surface area is 292 Å². The average Bonchev–Trinajstić information content (AvgIpc) is 3.51. The molecule has 0 aliphatic carbocycles. The van der Waals surface area contributed by atoms with Crippen LogP contribution in [0.3, 0.4) is 0 Å². The molecule has 0 radical (unpaired) electrons. The number of halogens is 2. The molecule has 13 nitrogen and oxygen atoms in total. The number of hydrazone groups is 1. The summed E-state index contributed by atoms with van der Waals surface area (Å²) in [5, 5.41) is 20.0. The van der Waals surface area contributed by atoms with Gasteiger partial charge in [0.25, 0.3) is 0 Å². The fourth-order valence-electron chi connectivity index (χ4n) is 4.80. The van der Waals surface area contributed by atoms with Crippen LogP contribution in [0.15, 0.2) is 69.4 Å². The second-order valence-electron chi connectivity index (χ2n) is 10.2. The SMILES string of the molecule is CCOc1cc([C@@H]2NC(=O)NC(C)=C2C(=O)OC)ccc1OC[C@@H](O)N/N=C\c1cc(Br)c(OCc2ccc3c(c2)OCO3)c(I)c1. The molecular weight excluding hydrogens is 791 g/mol. The molecule has 3 aromatic carbocycles. The van der Waals surface area contributed by atoms with E-state index in [9.17, 15) is 14.7 Å². The number of aliphatic hydroxyl groups is 1. The fraction of sp³-hybridized carbons (Fsp3) is 0.281. The third kappa shape index (κ3) is 8.39. The van der Waals surface area contributed by atoms with Gasteiger partial charge in [0.1, 0.15) is 19.0 Å². The molecule has 0 bridgehead atoms. The molecule has 5 rings (SSSR count). The molecule has 248 valence electrons. The maximum Gasteiger partial charge on any atom is 0.337 e. The van der Waals surface area contributed by atoms with E-state index in [4.69, 9.17) is 28.4 Å². The predicted molar refractivity (Wildman–Crippen MR) is 183 cm³/mol. The first kappa shape index (κ1) is 34.1. The number of amides is 2. The second kappa shape index (κ2) is 15.6. The number of aliphatic hydroxyl groups excluding tert-OH is 1. The van der Waals surface area contributed by atoms with Crippen LogP contribution >= 0.6 is 38.5 Å². The summed E-state index contributed by atoms with van der Waals surface area (Å²) in [5.41, 5.74) is 5.61. The van der Waals surface area contributed by atoms with Crippen LogP contribution in [0.25, 0.3) is 0 Å². The average molecular weight is 823 g/mol. The molecule has 2 atom stereocenters. The Bertz CT molecular complexity index is 1690. The lowest BCUT2D eigenvalue weighted by molar-refractivity contribution is -0.136. The molecule has 0 saturated heterocycles. The molecule has 2 aliphatic heterocycles. The van der Waals surface area contributed by atoms with E-state index in [1.165, 1.54) is 7.11 Å². The fourth-order valence-corrected chi connectivity index (χ4v) is 6.57. The minimum absolute atomic E-state index is 0.152. The van der Waals surface area contributed by atoms with Crippen molar-refractivity contribution in [1.29, 1.82) is 0 Å². The summed E-state index contributed by atoms with van der Waals surface area (Å²) in [6.45, 7) is 4.19. The van der Waals surface area contributed by atoms with Crippen LogP contribution < -0.4 is 39.7 Å². The normalized spacial score (nSPS) is 16.0. The summed E-state index contributed by atoms with van der Waals surface area (Å²) >= 11 is 5.77. The highest BCUT2D eigenvalue weighted by molar-refractivity contribution is 14.1. The Morgan fingerprint density at radius 2 is 1.96 bits per heavy atom. The van der Waals surface area contributed by atoms with Gasteiger partial charge in [-0.05, 0) is 105 Å². The number of carbonyl (C=O) groups excluding carboxylic acids is 2. The quantitative estimate of drug-likeness (QED) is 0.0616. The highest BCUT2D eigenvalue weighted by atomic mass is 127. The number of fused-ring (bicyclic) bond motifs is 1. The first-order chi connectivity index (χ1) is 22.7. The van der Waals surface area contributed by atoms with Crippen molar-refractivity contribution in [3.63, 3.8) is 0 Å². The van der Waals surface area contributed by atoms with E-state index in [0.717, 1.165) is 24.9 Å². The van der Waals surface area contributed by atoms with Crippen molar-refractivity contribution in [2.75, 3.05) is 27.1 Å². The minimum Gasteiger partial charge on any atom is -0.490 e. The second-order valence-corrected chi connectivity index (χ2v) is 12.2. The molecule has 2 amide bonds. The van der Waals surface area contributed by atoms with Gasteiger partial charge in [-0.25, -0.2) is 9.59 Å². The molecule has 0 saturated carbocycles. The first-order valence-electron chi connectivity index (χ1n) is 14.4. The number of hydrogen-bond acceptors (Lipinski definition) is 11. The predicted octanol–water partition coefficient (Wildman–Crippen LogP) is 4.88. The number of ether oxygens (including phenoxy) is 6. The summed E-state index contributed by atoms with van der Waals surface area (Å²) in [6, 6.07) is 13.3. The van der Waals surface area contributed by atoms with Crippen molar-refractivity contribution in [3.8, 4) is 28.7 Å². The van der Waals surface area contributed by atoms with Crippen molar-refractivity contribution in [3.05, 3.63) is 84.5 Å². The molecule has 0 aromatic heterocycles. The van der Waals surface area contributed by atoms with Crippen LogP contribution in [-0.2, 0) is 16.1 Å². The summed E-state index contributed by atoms with van der Waals surface area (Å²) in [6.07, 6.45) is 0.423. The van der Waals surface area contributed by atoms with Gasteiger partial charge in [-0.1, -0.05) is 12.1 Å². The standard InChI is InChI=1S/C32H32BrIN4O9/c1-4-43-26-12-20(29-28(31(40)42-3)17(2)36-32(41)37-29)6-8-23(26)44-15-27(39)38-35-13-19-9-21(33)30(22(34)10-19)45-14-18-5-7-24-25(11-18)47-16-46-24/h5-13,27,29,38-39H,4,14-16H2,1-3H3,(H2,36,37,41)/b35-13-/t27-,29+/m1/s1. The first-order valence-corrected chi connectivity index (χ1v) is 16.3. The van der Waals surface area contributed by atoms with Crippen LogP contribution in [0.4, 0.5) is 4.79 Å². The molecule has 0 spiro atoms. The third-order valence-corrected chi connectivity index (χ3v) is 8.34. The maximum atomic E-state index is 12.5. The maximum absolute atomic E-state index is 12.5. The molecule has 15 heteroatoms. The van der Waals surface area contributed by atoms with E-state index in [1.807, 2.05) is 37.3 Å². The van der Waals surface area contributed by atoms with Gasteiger partial charge in [-0.2, -0.15) is 5.10 Å². The van der Waals surface area contributed by atoms with Crippen molar-refractivity contribution in [2.45, 2.75) is 32.7 Å². The Morgan fingerprint density at radius 1 is 1.15 bits per heavy atom. The number of benzene rings is 3. The van der Waals surface area contributed by atoms with Crippen molar-refractivity contribution in [1.82, 2.24) is 16.1 Å². The Hall–Kier alpha value is -4.22. The van der Waals surface area contributed by atoms with Gasteiger partial charge in [-0.3, -0.25) is 5.43 Å². The van der Waals surface area contributed by atoms with Gasteiger partial charge in [0.15, 0.2) is 29.2 Å². The molecule has 4 N–H and O–H groups in total. The lowest BCUT2D eigenvalue weighted by Crippen LogP contribution is -2.45. The number of esters is 1. The Balaban J connectivity index is 1.18. The molecule has 2 heterocycles. The van der Waals surface area contributed by atoms with Crippen LogP contribution in [0.5, 0.6) is 28.7 Å². The van der Waals surface area contributed by atoms with Gasteiger partial charge in [0, 0.05) is 5.70 Å². The number of rotatable bonds is 13. The van der Waals surface area contributed by atoms with Crippen molar-refractivity contribution < 1.29 is 43.1 Å². The third-order valence-electron chi connectivity index (χ3n) is 6.95. The summed E-state index contributed by atoms with van der Waals surface area (Å²) < 4.78 is 35.0. The number of allylic oxidation sites excluding steroid dienone is 1. The highest BCUT2D eigenvalue weighted by Gasteiger charge is 2.32. The van der Waals surface area contributed by atoms with E-state index in [-0.39, 0.29) is 19.0 Å². The molecular formula is C32H32BrIN4O9. The molecule has 2 aliphatic rings. The number of carbonyl (C=O) groups is 2. The zero-order valence-electron chi connectivity index (χ0n) is 25.6. The molecule has 0 unspecified atom stereocenters. The largest absolute Gasteiger partial charge is 0.490 e. The van der Waals surface area contributed by atoms with Gasteiger partial charge >= 0.3 is 12.0 Å². The molecule has 47 heavy (non-hydrogen) atoms. The van der Waals surface area contributed by atoms with Crippen LogP contribution in [0, 0.1) is 3.57 Å². The van der Waals surface area contributed by atoms with Crippen LogP contribution in [0.2, 0.25) is 0 Å². The number of methoxy groups -OCH3 is 1. The van der Waals surface area contributed by atoms with E-state index >= 15 is 0 Å². The monoisotopic (exact) mass is 822 g/mol. The van der Waals surface area contributed by atoms with Gasteiger partial charge in [0.05, 0.1) is 39.6 Å². The van der Waals surface area contributed by atoms with Gasteiger partial charge in [0.2, 0.25) is 6.79 Å². The summed E-state index contributed by atoms with van der Waals surface area (Å²) in [4.78, 5) is 24.6. The number of nitrogens with zero attached hydrogens (tertiary/aromatic N) is 1. The number of urea groups is 1.